The Morgan fingerprint density at radius 3 is 2.86 bits per heavy atom. The lowest BCUT2D eigenvalue weighted by Gasteiger charge is -2.40. The van der Waals surface area contributed by atoms with Gasteiger partial charge in [0.05, 0.1) is 18.9 Å². The number of nitrogens with zero attached hydrogens (tertiary/aromatic N) is 1. The van der Waals surface area contributed by atoms with Crippen LogP contribution in [0.1, 0.15) is 51.4 Å². The van der Waals surface area contributed by atoms with Gasteiger partial charge < -0.3 is 15.0 Å². The molecular formula is C16H28N2O3. The van der Waals surface area contributed by atoms with Gasteiger partial charge in [-0.3, -0.25) is 9.59 Å². The van der Waals surface area contributed by atoms with Crippen molar-refractivity contribution in [2.45, 2.75) is 57.4 Å². The molecule has 2 fully saturated rings. The Bertz CT molecular complexity index is 359. The van der Waals surface area contributed by atoms with Crippen molar-refractivity contribution >= 4 is 11.8 Å². The van der Waals surface area contributed by atoms with Gasteiger partial charge >= 0.3 is 0 Å². The van der Waals surface area contributed by atoms with Gasteiger partial charge in [0.2, 0.25) is 11.8 Å². The van der Waals surface area contributed by atoms with Gasteiger partial charge in [0.1, 0.15) is 0 Å². The van der Waals surface area contributed by atoms with E-state index in [4.69, 9.17) is 4.74 Å². The molecule has 120 valence electrons. The van der Waals surface area contributed by atoms with Crippen molar-refractivity contribution in [3.05, 3.63) is 0 Å². The lowest BCUT2D eigenvalue weighted by Crippen LogP contribution is -2.51. The van der Waals surface area contributed by atoms with E-state index in [1.165, 1.54) is 0 Å². The van der Waals surface area contributed by atoms with Gasteiger partial charge in [0.25, 0.3) is 0 Å². The monoisotopic (exact) mass is 296 g/mol. The number of fused-ring (bicyclic) bond motifs is 1. The van der Waals surface area contributed by atoms with Crippen molar-refractivity contribution in [1.82, 2.24) is 10.2 Å². The summed E-state index contributed by atoms with van der Waals surface area (Å²) >= 11 is 0. The minimum absolute atomic E-state index is 0.0247. The SMILES string of the molecule is COCCC(=O)N1CCCCCNC(=O)[C@@H]2CCCC[C@@H]21. The van der Waals surface area contributed by atoms with E-state index in [9.17, 15) is 9.59 Å². The molecular weight excluding hydrogens is 268 g/mol. The number of nitrogens with one attached hydrogen (secondary N) is 1. The van der Waals surface area contributed by atoms with Crippen molar-refractivity contribution in [3.63, 3.8) is 0 Å². The Kier molecular flexibility index (Phi) is 6.49. The molecule has 1 N–H and O–H groups in total. The molecule has 0 aromatic carbocycles. The van der Waals surface area contributed by atoms with E-state index >= 15 is 0 Å². The normalized spacial score (nSPS) is 27.7. The van der Waals surface area contributed by atoms with Gasteiger partial charge in [-0.15, -0.1) is 0 Å². The number of amides is 2. The molecule has 0 bridgehead atoms. The van der Waals surface area contributed by atoms with Crippen LogP contribution in [0.2, 0.25) is 0 Å². The summed E-state index contributed by atoms with van der Waals surface area (Å²) < 4.78 is 5.03. The molecule has 2 rings (SSSR count). The second kappa shape index (κ2) is 8.37. The van der Waals surface area contributed by atoms with Crippen molar-refractivity contribution in [2.24, 2.45) is 5.92 Å². The fourth-order valence-electron chi connectivity index (χ4n) is 3.53. The van der Waals surface area contributed by atoms with Crippen LogP contribution in [0.5, 0.6) is 0 Å². The zero-order valence-electron chi connectivity index (χ0n) is 13.1. The average Bonchev–Trinajstić information content (AvgIpc) is 2.51. The summed E-state index contributed by atoms with van der Waals surface area (Å²) in [6, 6.07) is 0.0845. The summed E-state index contributed by atoms with van der Waals surface area (Å²) in [4.78, 5) is 26.9. The minimum atomic E-state index is -0.0247. The van der Waals surface area contributed by atoms with Gasteiger partial charge in [-0.25, -0.2) is 0 Å². The van der Waals surface area contributed by atoms with Crippen molar-refractivity contribution < 1.29 is 14.3 Å². The quantitative estimate of drug-likeness (QED) is 0.862. The van der Waals surface area contributed by atoms with E-state index in [0.717, 1.165) is 58.0 Å². The molecule has 0 radical (unpaired) electrons. The highest BCUT2D eigenvalue weighted by molar-refractivity contribution is 5.82. The molecule has 2 amide bonds. The number of hydrogen-bond donors (Lipinski definition) is 1. The van der Waals surface area contributed by atoms with Crippen LogP contribution in [0.15, 0.2) is 0 Å². The number of carbonyl (C=O) groups is 2. The first kappa shape index (κ1) is 16.3. The highest BCUT2D eigenvalue weighted by atomic mass is 16.5. The largest absolute Gasteiger partial charge is 0.384 e. The smallest absolute Gasteiger partial charge is 0.225 e. The van der Waals surface area contributed by atoms with Gasteiger partial charge in [-0.1, -0.05) is 12.8 Å². The summed E-state index contributed by atoms with van der Waals surface area (Å²) in [6.07, 6.45) is 7.58. The predicted molar refractivity (Wildman–Crippen MR) is 80.8 cm³/mol. The maximum absolute atomic E-state index is 12.5. The molecule has 2 aliphatic rings. The van der Waals surface area contributed by atoms with Crippen LogP contribution in [-0.4, -0.2) is 49.6 Å². The number of methoxy groups -OCH3 is 1. The Labute approximate surface area is 127 Å². The first-order chi connectivity index (χ1) is 10.2. The van der Waals surface area contributed by atoms with Crippen LogP contribution in [0.4, 0.5) is 0 Å². The summed E-state index contributed by atoms with van der Waals surface area (Å²) in [5, 5.41) is 3.05. The number of hydrogen-bond acceptors (Lipinski definition) is 3. The number of rotatable bonds is 3. The Morgan fingerprint density at radius 1 is 1.24 bits per heavy atom. The third-order valence-corrected chi connectivity index (χ3v) is 4.68. The zero-order valence-corrected chi connectivity index (χ0v) is 13.1. The Balaban J connectivity index is 2.12. The second-order valence-electron chi connectivity index (χ2n) is 6.14. The summed E-state index contributed by atoms with van der Waals surface area (Å²) in [6.45, 7) is 2.02. The van der Waals surface area contributed by atoms with E-state index in [1.54, 1.807) is 7.11 Å². The van der Waals surface area contributed by atoms with Crippen LogP contribution in [0.3, 0.4) is 0 Å². The highest BCUT2D eigenvalue weighted by Gasteiger charge is 2.36. The molecule has 2 atom stereocenters. The molecule has 1 aliphatic carbocycles. The molecule has 5 heteroatoms. The molecule has 5 nitrogen and oxygen atoms in total. The third kappa shape index (κ3) is 4.43. The van der Waals surface area contributed by atoms with E-state index in [0.29, 0.717) is 13.0 Å². The summed E-state index contributed by atoms with van der Waals surface area (Å²) in [5.74, 6) is 0.261. The van der Waals surface area contributed by atoms with Gasteiger partial charge in [0.15, 0.2) is 0 Å². The molecule has 1 saturated heterocycles. The lowest BCUT2D eigenvalue weighted by molar-refractivity contribution is -0.140. The van der Waals surface area contributed by atoms with Crippen LogP contribution in [-0.2, 0) is 14.3 Å². The van der Waals surface area contributed by atoms with E-state index in [2.05, 4.69) is 5.32 Å². The molecule has 0 aromatic rings. The number of ether oxygens (including phenoxy) is 1. The van der Waals surface area contributed by atoms with E-state index in [1.807, 2.05) is 4.90 Å². The third-order valence-electron chi connectivity index (χ3n) is 4.68. The van der Waals surface area contributed by atoms with E-state index < -0.39 is 0 Å². The molecule has 1 saturated carbocycles. The van der Waals surface area contributed by atoms with E-state index in [-0.39, 0.29) is 23.8 Å². The van der Waals surface area contributed by atoms with Crippen LogP contribution >= 0.6 is 0 Å². The van der Waals surface area contributed by atoms with Gasteiger partial charge in [-0.05, 0) is 32.1 Å². The Morgan fingerprint density at radius 2 is 2.05 bits per heavy atom. The van der Waals surface area contributed by atoms with Crippen LogP contribution in [0.25, 0.3) is 0 Å². The van der Waals surface area contributed by atoms with Gasteiger partial charge in [-0.2, -0.15) is 0 Å². The molecule has 1 heterocycles. The lowest BCUT2D eigenvalue weighted by atomic mass is 9.82. The average molecular weight is 296 g/mol. The molecule has 0 unspecified atom stereocenters. The topological polar surface area (TPSA) is 58.6 Å². The molecule has 1 aliphatic heterocycles. The molecule has 0 spiro atoms. The first-order valence-corrected chi connectivity index (χ1v) is 8.30. The fraction of sp³-hybridized carbons (Fsp3) is 0.875. The fourth-order valence-corrected chi connectivity index (χ4v) is 3.53. The predicted octanol–water partition coefficient (Wildman–Crippen LogP) is 1.71. The van der Waals surface area contributed by atoms with Crippen LogP contribution < -0.4 is 5.32 Å². The minimum Gasteiger partial charge on any atom is -0.384 e. The summed E-state index contributed by atoms with van der Waals surface area (Å²) in [7, 11) is 1.62. The summed E-state index contributed by atoms with van der Waals surface area (Å²) in [5.41, 5.74) is 0. The van der Waals surface area contributed by atoms with Crippen molar-refractivity contribution in [2.75, 3.05) is 26.8 Å². The maximum Gasteiger partial charge on any atom is 0.225 e. The number of carbonyl (C=O) groups excluding carboxylic acids is 2. The second-order valence-corrected chi connectivity index (χ2v) is 6.14. The standard InChI is InChI=1S/C16H28N2O3/c1-21-12-9-15(19)18-11-6-2-5-10-17-16(20)13-7-3-4-8-14(13)18/h13-14H,2-12H2,1H3,(H,17,20)/t13-,14+/m1/s1. The molecule has 0 aromatic heterocycles. The Hall–Kier alpha value is -1.10. The molecule has 21 heavy (non-hydrogen) atoms. The van der Waals surface area contributed by atoms with Gasteiger partial charge in [0, 0.05) is 26.2 Å². The highest BCUT2D eigenvalue weighted by Crippen LogP contribution is 2.30. The van der Waals surface area contributed by atoms with Crippen LogP contribution in [0, 0.1) is 5.92 Å². The first-order valence-electron chi connectivity index (χ1n) is 8.30. The maximum atomic E-state index is 12.5. The van der Waals surface area contributed by atoms with Crippen molar-refractivity contribution in [3.8, 4) is 0 Å². The zero-order chi connectivity index (χ0) is 15.1. The van der Waals surface area contributed by atoms with Crippen molar-refractivity contribution in [1.29, 1.82) is 0 Å².